The van der Waals surface area contributed by atoms with Crippen LogP contribution in [0.5, 0.6) is 0 Å². The third kappa shape index (κ3) is 7.86. The molecule has 0 aliphatic heterocycles. The minimum Gasteiger partial charge on any atom is -0.447 e. The fourth-order valence-corrected chi connectivity index (χ4v) is 0.912. The van der Waals surface area contributed by atoms with Crippen molar-refractivity contribution >= 4 is 6.09 Å². The Bertz CT molecular complexity index is 150. The Kier molecular flexibility index (Phi) is 8.33. The molecule has 0 aromatic heterocycles. The molecule has 2 N–H and O–H groups in total. The summed E-state index contributed by atoms with van der Waals surface area (Å²) in [4.78, 5) is 11.1. The zero-order valence-corrected chi connectivity index (χ0v) is 9.08. The van der Waals surface area contributed by atoms with E-state index in [2.05, 4.69) is 5.32 Å². The lowest BCUT2D eigenvalue weighted by Gasteiger charge is -2.11. The van der Waals surface area contributed by atoms with E-state index < -0.39 is 0 Å². The summed E-state index contributed by atoms with van der Waals surface area (Å²) in [5.74, 6) is 0. The summed E-state index contributed by atoms with van der Waals surface area (Å²) in [5, 5.41) is 11.2. The summed E-state index contributed by atoms with van der Waals surface area (Å²) >= 11 is 0. The molecular weight excluding hydrogens is 182 g/mol. The molecule has 0 spiro atoms. The number of carbonyl (C=O) groups excluding carboxylic acids is 1. The Morgan fingerprint density at radius 2 is 2.14 bits per heavy atom. The Balaban J connectivity index is 3.27. The first-order valence-corrected chi connectivity index (χ1v) is 5.26. The number of unbranched alkanes of at least 4 members (excludes halogenated alkanes) is 2. The van der Waals surface area contributed by atoms with Gasteiger partial charge in [-0.05, 0) is 32.6 Å². The molecular formula is C10H21NO3. The normalized spacial score (nSPS) is 12.2. The van der Waals surface area contributed by atoms with E-state index in [4.69, 9.17) is 9.84 Å². The van der Waals surface area contributed by atoms with Crippen molar-refractivity contribution in [3.63, 3.8) is 0 Å². The number of amides is 1. The van der Waals surface area contributed by atoms with Gasteiger partial charge in [-0.1, -0.05) is 6.92 Å². The number of nitrogens with one attached hydrogen (secondary N) is 1. The molecule has 0 bridgehead atoms. The summed E-state index contributed by atoms with van der Waals surface area (Å²) in [6, 6.07) is 0. The van der Waals surface area contributed by atoms with Crippen LogP contribution in [0.25, 0.3) is 0 Å². The third-order valence-corrected chi connectivity index (χ3v) is 1.99. The van der Waals surface area contributed by atoms with Crippen LogP contribution in [0.15, 0.2) is 0 Å². The van der Waals surface area contributed by atoms with Crippen molar-refractivity contribution < 1.29 is 14.6 Å². The first-order valence-electron chi connectivity index (χ1n) is 5.26. The van der Waals surface area contributed by atoms with Gasteiger partial charge in [0.15, 0.2) is 0 Å². The van der Waals surface area contributed by atoms with Crippen molar-refractivity contribution in [2.75, 3.05) is 13.2 Å². The Hall–Kier alpha value is -0.770. The van der Waals surface area contributed by atoms with Crippen molar-refractivity contribution in [3.05, 3.63) is 0 Å². The van der Waals surface area contributed by atoms with Crippen LogP contribution in [0.1, 0.15) is 39.5 Å². The monoisotopic (exact) mass is 203 g/mol. The first kappa shape index (κ1) is 13.2. The minimum absolute atomic E-state index is 0.0209. The lowest BCUT2D eigenvalue weighted by atomic mass is 10.2. The highest BCUT2D eigenvalue weighted by Crippen LogP contribution is 1.96. The molecule has 0 heterocycles. The zero-order valence-electron chi connectivity index (χ0n) is 9.08. The van der Waals surface area contributed by atoms with Gasteiger partial charge in [-0.3, -0.25) is 0 Å². The molecule has 0 rings (SSSR count). The fourth-order valence-electron chi connectivity index (χ4n) is 0.912. The number of carbonyl (C=O) groups is 1. The number of hydrogen-bond acceptors (Lipinski definition) is 3. The van der Waals surface area contributed by atoms with Crippen LogP contribution in [0.4, 0.5) is 4.79 Å². The summed E-state index contributed by atoms with van der Waals surface area (Å²) in [7, 11) is 0. The van der Waals surface area contributed by atoms with Gasteiger partial charge in [-0.2, -0.15) is 0 Å². The van der Waals surface area contributed by atoms with Crippen molar-refractivity contribution in [2.24, 2.45) is 0 Å². The summed E-state index contributed by atoms with van der Waals surface area (Å²) in [6.45, 7) is 4.68. The van der Waals surface area contributed by atoms with Gasteiger partial charge in [-0.15, -0.1) is 0 Å². The summed E-state index contributed by atoms with van der Waals surface area (Å²) < 4.78 is 5.01. The van der Waals surface area contributed by atoms with E-state index in [1.165, 1.54) is 0 Å². The van der Waals surface area contributed by atoms with E-state index in [9.17, 15) is 4.79 Å². The Morgan fingerprint density at radius 1 is 1.43 bits per heavy atom. The van der Waals surface area contributed by atoms with Gasteiger partial charge in [-0.25, -0.2) is 4.79 Å². The molecule has 0 aliphatic carbocycles. The minimum atomic E-state index is -0.344. The maximum atomic E-state index is 11.1. The van der Waals surface area contributed by atoms with Gasteiger partial charge < -0.3 is 15.2 Å². The number of ether oxygens (including phenoxy) is 1. The predicted molar refractivity (Wildman–Crippen MR) is 55.2 cm³/mol. The van der Waals surface area contributed by atoms with Gasteiger partial charge in [0.1, 0.15) is 6.10 Å². The van der Waals surface area contributed by atoms with E-state index in [0.717, 1.165) is 25.7 Å². The van der Waals surface area contributed by atoms with Crippen molar-refractivity contribution in [1.82, 2.24) is 5.32 Å². The van der Waals surface area contributed by atoms with Crippen molar-refractivity contribution in [1.29, 1.82) is 0 Å². The number of alkyl carbamates (subject to hydrolysis) is 1. The quantitative estimate of drug-likeness (QED) is 0.619. The molecule has 0 saturated heterocycles. The fraction of sp³-hybridized carbons (Fsp3) is 0.900. The van der Waals surface area contributed by atoms with Crippen molar-refractivity contribution in [3.8, 4) is 0 Å². The molecule has 4 nitrogen and oxygen atoms in total. The van der Waals surface area contributed by atoms with Crippen LogP contribution in [0.3, 0.4) is 0 Å². The van der Waals surface area contributed by atoms with E-state index in [0.29, 0.717) is 6.54 Å². The molecule has 0 aromatic carbocycles. The maximum Gasteiger partial charge on any atom is 0.407 e. The predicted octanol–water partition coefficient (Wildman–Crippen LogP) is 1.67. The number of rotatable bonds is 7. The SMILES string of the molecule is CCC(C)OC(=O)NCCCCCO. The molecule has 0 radical (unpaired) electrons. The molecule has 84 valence electrons. The third-order valence-electron chi connectivity index (χ3n) is 1.99. The largest absolute Gasteiger partial charge is 0.447 e. The van der Waals surface area contributed by atoms with E-state index in [1.54, 1.807) is 0 Å². The average molecular weight is 203 g/mol. The molecule has 4 heteroatoms. The Morgan fingerprint density at radius 3 is 2.71 bits per heavy atom. The van der Waals surface area contributed by atoms with E-state index >= 15 is 0 Å². The highest BCUT2D eigenvalue weighted by atomic mass is 16.6. The molecule has 0 saturated carbocycles. The molecule has 1 atom stereocenters. The van der Waals surface area contributed by atoms with Crippen LogP contribution in [-0.2, 0) is 4.74 Å². The second-order valence-corrected chi connectivity index (χ2v) is 3.34. The molecule has 1 unspecified atom stereocenters. The van der Waals surface area contributed by atoms with E-state index in [-0.39, 0.29) is 18.8 Å². The average Bonchev–Trinajstić information content (AvgIpc) is 2.17. The standard InChI is InChI=1S/C10H21NO3/c1-3-9(2)14-10(13)11-7-5-4-6-8-12/h9,12H,3-8H2,1-2H3,(H,11,13). The van der Waals surface area contributed by atoms with Crippen LogP contribution >= 0.6 is 0 Å². The number of aliphatic hydroxyl groups excluding tert-OH is 1. The number of aliphatic hydroxyl groups is 1. The van der Waals surface area contributed by atoms with Crippen LogP contribution in [0.2, 0.25) is 0 Å². The molecule has 0 fully saturated rings. The lowest BCUT2D eigenvalue weighted by Crippen LogP contribution is -2.28. The number of hydrogen-bond donors (Lipinski definition) is 2. The maximum absolute atomic E-state index is 11.1. The van der Waals surface area contributed by atoms with Crippen LogP contribution < -0.4 is 5.32 Å². The molecule has 0 aromatic rings. The zero-order chi connectivity index (χ0) is 10.8. The molecule has 14 heavy (non-hydrogen) atoms. The first-order chi connectivity index (χ1) is 6.70. The molecule has 0 aliphatic rings. The van der Waals surface area contributed by atoms with Gasteiger partial charge >= 0.3 is 6.09 Å². The highest BCUT2D eigenvalue weighted by Gasteiger charge is 2.05. The topological polar surface area (TPSA) is 58.6 Å². The smallest absolute Gasteiger partial charge is 0.407 e. The lowest BCUT2D eigenvalue weighted by molar-refractivity contribution is 0.105. The molecule has 1 amide bonds. The van der Waals surface area contributed by atoms with Gasteiger partial charge in [0, 0.05) is 13.2 Å². The highest BCUT2D eigenvalue weighted by molar-refractivity contribution is 5.67. The second kappa shape index (κ2) is 8.81. The van der Waals surface area contributed by atoms with Crippen LogP contribution in [-0.4, -0.2) is 30.5 Å². The Labute approximate surface area is 85.6 Å². The van der Waals surface area contributed by atoms with Crippen LogP contribution in [0, 0.1) is 0 Å². The van der Waals surface area contributed by atoms with Gasteiger partial charge in [0.05, 0.1) is 0 Å². The van der Waals surface area contributed by atoms with E-state index in [1.807, 2.05) is 13.8 Å². The summed E-state index contributed by atoms with van der Waals surface area (Å²) in [5.41, 5.74) is 0. The van der Waals surface area contributed by atoms with Gasteiger partial charge in [0.25, 0.3) is 0 Å². The van der Waals surface area contributed by atoms with Crippen molar-refractivity contribution in [2.45, 2.75) is 45.6 Å². The summed E-state index contributed by atoms with van der Waals surface area (Å²) in [6.07, 6.45) is 3.08. The second-order valence-electron chi connectivity index (χ2n) is 3.34. The van der Waals surface area contributed by atoms with Gasteiger partial charge in [0.2, 0.25) is 0 Å².